The highest BCUT2D eigenvalue weighted by Crippen LogP contribution is 2.22. The van der Waals surface area contributed by atoms with Crippen LogP contribution in [0.2, 0.25) is 0 Å². The molecule has 1 atom stereocenters. The van der Waals surface area contributed by atoms with E-state index >= 15 is 0 Å². The summed E-state index contributed by atoms with van der Waals surface area (Å²) in [5.41, 5.74) is 0.593. The van der Waals surface area contributed by atoms with Crippen molar-refractivity contribution in [2.45, 2.75) is 12.3 Å². The van der Waals surface area contributed by atoms with Gasteiger partial charge in [-0.25, -0.2) is 4.98 Å². The molecule has 2 rings (SSSR count). The number of hydrogen-bond acceptors (Lipinski definition) is 4. The van der Waals surface area contributed by atoms with Gasteiger partial charge in [0.15, 0.2) is 6.10 Å². The predicted molar refractivity (Wildman–Crippen MR) is 68.8 cm³/mol. The number of hydrogen-bond donors (Lipinski definition) is 2. The molecule has 0 saturated heterocycles. The number of fused-ring (bicyclic) bond motifs is 1. The minimum atomic E-state index is -4.65. The second-order valence-corrected chi connectivity index (χ2v) is 4.19. The number of nitrogens with zero attached hydrogens (tertiary/aromatic N) is 1. The van der Waals surface area contributed by atoms with Crippen LogP contribution in [0.4, 0.5) is 19.0 Å². The quantitative estimate of drug-likeness (QED) is 0.907. The summed E-state index contributed by atoms with van der Waals surface area (Å²) in [7, 11) is 1.52. The van der Waals surface area contributed by atoms with Gasteiger partial charge in [0.05, 0.1) is 19.2 Å². The number of rotatable bonds is 4. The molecule has 4 nitrogen and oxygen atoms in total. The SMILES string of the molecule is COc1ccc2ccc(NC[C@@H](O)C(F)(F)F)nc2c1. The molecule has 0 bridgehead atoms. The Labute approximate surface area is 113 Å². The zero-order chi connectivity index (χ0) is 14.8. The van der Waals surface area contributed by atoms with Crippen LogP contribution in [0.25, 0.3) is 10.9 Å². The van der Waals surface area contributed by atoms with E-state index < -0.39 is 18.8 Å². The van der Waals surface area contributed by atoms with Crippen LogP contribution in [0.5, 0.6) is 5.75 Å². The molecule has 20 heavy (non-hydrogen) atoms. The van der Waals surface area contributed by atoms with Crippen molar-refractivity contribution in [2.75, 3.05) is 19.0 Å². The monoisotopic (exact) mass is 286 g/mol. The summed E-state index contributed by atoms with van der Waals surface area (Å²) in [6, 6.07) is 8.53. The van der Waals surface area contributed by atoms with Gasteiger partial charge in [-0.1, -0.05) is 0 Å². The molecular formula is C13H13F3N2O2. The Balaban J connectivity index is 2.15. The van der Waals surface area contributed by atoms with Crippen LogP contribution in [-0.2, 0) is 0 Å². The molecule has 7 heteroatoms. The van der Waals surface area contributed by atoms with Gasteiger partial charge in [0.2, 0.25) is 0 Å². The fourth-order valence-electron chi connectivity index (χ4n) is 1.64. The van der Waals surface area contributed by atoms with Crippen LogP contribution in [0.3, 0.4) is 0 Å². The van der Waals surface area contributed by atoms with Crippen LogP contribution < -0.4 is 10.1 Å². The summed E-state index contributed by atoms with van der Waals surface area (Å²) >= 11 is 0. The lowest BCUT2D eigenvalue weighted by atomic mass is 10.2. The standard InChI is InChI=1S/C13H13F3N2O2/c1-20-9-4-2-8-3-5-12(18-10(8)6-9)17-7-11(19)13(14,15)16/h2-6,11,19H,7H2,1H3,(H,17,18)/t11-/m1/s1. The Morgan fingerprint density at radius 2 is 2.00 bits per heavy atom. The van der Waals surface area contributed by atoms with Crippen molar-refractivity contribution in [2.24, 2.45) is 0 Å². The molecule has 2 aromatic rings. The van der Waals surface area contributed by atoms with Gasteiger partial charge in [0.1, 0.15) is 11.6 Å². The average molecular weight is 286 g/mol. The second kappa shape index (κ2) is 5.54. The van der Waals surface area contributed by atoms with E-state index in [4.69, 9.17) is 9.84 Å². The average Bonchev–Trinajstić information content (AvgIpc) is 2.42. The van der Waals surface area contributed by atoms with E-state index in [9.17, 15) is 13.2 Å². The summed E-state index contributed by atoms with van der Waals surface area (Å²) in [5.74, 6) is 0.867. The van der Waals surface area contributed by atoms with Crippen LogP contribution in [0.15, 0.2) is 30.3 Å². The zero-order valence-electron chi connectivity index (χ0n) is 10.6. The highest BCUT2D eigenvalue weighted by molar-refractivity contribution is 5.81. The number of ether oxygens (including phenoxy) is 1. The Morgan fingerprint density at radius 3 is 2.65 bits per heavy atom. The number of pyridine rings is 1. The van der Waals surface area contributed by atoms with Crippen molar-refractivity contribution in [3.05, 3.63) is 30.3 Å². The molecule has 0 radical (unpaired) electrons. The summed E-state index contributed by atoms with van der Waals surface area (Å²) in [4.78, 5) is 4.17. The zero-order valence-corrected chi connectivity index (χ0v) is 10.6. The van der Waals surface area contributed by atoms with E-state index in [0.29, 0.717) is 11.3 Å². The van der Waals surface area contributed by atoms with Gasteiger partial charge in [-0.3, -0.25) is 0 Å². The number of nitrogens with one attached hydrogen (secondary N) is 1. The van der Waals surface area contributed by atoms with Crippen LogP contribution in [-0.4, -0.2) is 36.0 Å². The van der Waals surface area contributed by atoms with Crippen LogP contribution in [0.1, 0.15) is 0 Å². The topological polar surface area (TPSA) is 54.4 Å². The molecule has 0 spiro atoms. The normalized spacial score (nSPS) is 13.2. The van der Waals surface area contributed by atoms with Gasteiger partial charge in [-0.05, 0) is 24.3 Å². The number of halogens is 3. The number of alkyl halides is 3. The maximum Gasteiger partial charge on any atom is 0.416 e. The number of aromatic nitrogens is 1. The van der Waals surface area contributed by atoms with Crippen LogP contribution >= 0.6 is 0 Å². The van der Waals surface area contributed by atoms with Crippen molar-refractivity contribution >= 4 is 16.7 Å². The number of anilines is 1. The Kier molecular flexibility index (Phi) is 3.99. The summed E-state index contributed by atoms with van der Waals surface area (Å²) < 4.78 is 41.6. The summed E-state index contributed by atoms with van der Waals surface area (Å²) in [6.45, 7) is -0.647. The molecule has 0 aliphatic heterocycles. The number of methoxy groups -OCH3 is 1. The molecular weight excluding hydrogens is 273 g/mol. The van der Waals surface area contributed by atoms with E-state index in [1.165, 1.54) is 7.11 Å². The van der Waals surface area contributed by atoms with E-state index in [0.717, 1.165) is 5.39 Å². The van der Waals surface area contributed by atoms with E-state index in [-0.39, 0.29) is 5.82 Å². The fourth-order valence-corrected chi connectivity index (χ4v) is 1.64. The fraction of sp³-hybridized carbons (Fsp3) is 0.308. The number of aliphatic hydroxyl groups is 1. The molecule has 0 aliphatic carbocycles. The second-order valence-electron chi connectivity index (χ2n) is 4.19. The Morgan fingerprint density at radius 1 is 1.30 bits per heavy atom. The molecule has 2 N–H and O–H groups in total. The lowest BCUT2D eigenvalue weighted by Crippen LogP contribution is -2.35. The van der Waals surface area contributed by atoms with Gasteiger partial charge in [0, 0.05) is 11.5 Å². The van der Waals surface area contributed by atoms with Gasteiger partial charge >= 0.3 is 6.18 Å². The van der Waals surface area contributed by atoms with E-state index in [1.807, 2.05) is 0 Å². The van der Waals surface area contributed by atoms with E-state index in [2.05, 4.69) is 10.3 Å². The summed E-state index contributed by atoms with van der Waals surface area (Å²) in [6.07, 6.45) is -7.07. The third kappa shape index (κ3) is 3.30. The van der Waals surface area contributed by atoms with Gasteiger partial charge < -0.3 is 15.2 Å². The van der Waals surface area contributed by atoms with Gasteiger partial charge in [-0.15, -0.1) is 0 Å². The maximum absolute atomic E-state index is 12.2. The van der Waals surface area contributed by atoms with Crippen molar-refractivity contribution in [3.8, 4) is 5.75 Å². The molecule has 1 aromatic heterocycles. The first-order valence-electron chi connectivity index (χ1n) is 5.83. The van der Waals surface area contributed by atoms with Gasteiger partial charge in [0.25, 0.3) is 0 Å². The van der Waals surface area contributed by atoms with Gasteiger partial charge in [-0.2, -0.15) is 13.2 Å². The number of benzene rings is 1. The smallest absolute Gasteiger partial charge is 0.416 e. The molecule has 0 aliphatic rings. The lowest BCUT2D eigenvalue weighted by Gasteiger charge is -2.15. The van der Waals surface area contributed by atoms with Crippen molar-refractivity contribution in [3.63, 3.8) is 0 Å². The van der Waals surface area contributed by atoms with Crippen molar-refractivity contribution < 1.29 is 23.0 Å². The van der Waals surface area contributed by atoms with Crippen molar-refractivity contribution in [1.29, 1.82) is 0 Å². The molecule has 1 heterocycles. The predicted octanol–water partition coefficient (Wildman–Crippen LogP) is 2.58. The molecule has 0 amide bonds. The minimum Gasteiger partial charge on any atom is -0.497 e. The molecule has 0 fully saturated rings. The minimum absolute atomic E-state index is 0.258. The first-order chi connectivity index (χ1) is 9.40. The molecule has 0 unspecified atom stereocenters. The van der Waals surface area contributed by atoms with Crippen LogP contribution in [0, 0.1) is 0 Å². The maximum atomic E-state index is 12.2. The summed E-state index contributed by atoms with van der Waals surface area (Å²) in [5, 5.41) is 12.2. The van der Waals surface area contributed by atoms with E-state index in [1.54, 1.807) is 30.3 Å². The van der Waals surface area contributed by atoms with Crippen molar-refractivity contribution in [1.82, 2.24) is 4.98 Å². The Hall–Kier alpha value is -2.02. The molecule has 108 valence electrons. The lowest BCUT2D eigenvalue weighted by molar-refractivity contribution is -0.198. The Bertz CT molecular complexity index is 602. The highest BCUT2D eigenvalue weighted by Gasteiger charge is 2.37. The largest absolute Gasteiger partial charge is 0.497 e. The highest BCUT2D eigenvalue weighted by atomic mass is 19.4. The third-order valence-corrected chi connectivity index (χ3v) is 2.75. The first kappa shape index (κ1) is 14.4. The molecule has 1 aromatic carbocycles. The third-order valence-electron chi connectivity index (χ3n) is 2.75. The molecule has 0 saturated carbocycles. The number of aliphatic hydroxyl groups excluding tert-OH is 1. The first-order valence-corrected chi connectivity index (χ1v) is 5.83.